The molecule has 0 saturated heterocycles. The number of anilines is 1. The van der Waals surface area contributed by atoms with Crippen molar-refractivity contribution >= 4 is 21.6 Å². The van der Waals surface area contributed by atoms with E-state index >= 15 is 0 Å². The lowest BCUT2D eigenvalue weighted by Gasteiger charge is -2.18. The van der Waals surface area contributed by atoms with Crippen molar-refractivity contribution in [2.24, 2.45) is 5.73 Å². The molecule has 0 bridgehead atoms. The van der Waals surface area contributed by atoms with Gasteiger partial charge in [-0.1, -0.05) is 6.07 Å². The number of halogens is 2. The Bertz CT molecular complexity index is 533. The van der Waals surface area contributed by atoms with Crippen LogP contribution in [0.4, 0.5) is 10.1 Å². The molecular weight excluding hydrogens is 297 g/mol. The molecule has 0 saturated carbocycles. The highest BCUT2D eigenvalue weighted by molar-refractivity contribution is 9.10. The Hall–Kier alpha value is -1.46. The maximum Gasteiger partial charge on any atom is 0.125 e. The van der Waals surface area contributed by atoms with Crippen molar-refractivity contribution in [3.63, 3.8) is 0 Å². The van der Waals surface area contributed by atoms with E-state index in [9.17, 15) is 4.39 Å². The first-order chi connectivity index (χ1) is 8.69. The van der Waals surface area contributed by atoms with Gasteiger partial charge in [-0.3, -0.25) is 4.98 Å². The van der Waals surface area contributed by atoms with E-state index in [0.29, 0.717) is 12.2 Å². The lowest BCUT2D eigenvalue weighted by atomic mass is 10.1. The van der Waals surface area contributed by atoms with Crippen molar-refractivity contribution < 1.29 is 4.39 Å². The van der Waals surface area contributed by atoms with E-state index < -0.39 is 0 Å². The Morgan fingerprint density at radius 1 is 1.33 bits per heavy atom. The highest BCUT2D eigenvalue weighted by Gasteiger charge is 2.10. The highest BCUT2D eigenvalue weighted by atomic mass is 79.9. The number of pyridine rings is 1. The van der Waals surface area contributed by atoms with Gasteiger partial charge in [0.05, 0.1) is 6.04 Å². The van der Waals surface area contributed by atoms with Crippen LogP contribution in [-0.2, 0) is 0 Å². The maximum atomic E-state index is 13.1. The lowest BCUT2D eigenvalue weighted by Crippen LogP contribution is -2.20. The Kier molecular flexibility index (Phi) is 4.28. The van der Waals surface area contributed by atoms with Gasteiger partial charge in [0.2, 0.25) is 0 Å². The van der Waals surface area contributed by atoms with Crippen LogP contribution in [0, 0.1) is 5.82 Å². The van der Waals surface area contributed by atoms with Crippen molar-refractivity contribution in [2.45, 2.75) is 6.04 Å². The normalized spacial score (nSPS) is 12.2. The molecule has 0 amide bonds. The molecule has 2 aromatic rings. The molecule has 2 rings (SSSR count). The van der Waals surface area contributed by atoms with Crippen molar-refractivity contribution in [1.29, 1.82) is 0 Å². The third-order valence-corrected chi connectivity index (χ3v) is 2.96. The van der Waals surface area contributed by atoms with Crippen LogP contribution in [0.15, 0.2) is 47.2 Å². The second-order valence-corrected chi connectivity index (χ2v) is 4.80. The molecule has 1 aromatic carbocycles. The number of aromatic nitrogens is 1. The van der Waals surface area contributed by atoms with Gasteiger partial charge in [-0.15, -0.1) is 0 Å². The summed E-state index contributed by atoms with van der Waals surface area (Å²) in [6.45, 7) is 0.397. The molecule has 0 aliphatic carbocycles. The van der Waals surface area contributed by atoms with Gasteiger partial charge in [0.25, 0.3) is 0 Å². The molecular formula is C13H13BrFN3. The largest absolute Gasteiger partial charge is 0.377 e. The second-order valence-electron chi connectivity index (χ2n) is 3.88. The summed E-state index contributed by atoms with van der Waals surface area (Å²) in [5, 5.41) is 3.19. The first kappa shape index (κ1) is 13.0. The molecule has 3 N–H and O–H groups in total. The molecule has 0 spiro atoms. The Labute approximate surface area is 113 Å². The van der Waals surface area contributed by atoms with Gasteiger partial charge < -0.3 is 11.1 Å². The van der Waals surface area contributed by atoms with Gasteiger partial charge in [0.1, 0.15) is 5.82 Å². The van der Waals surface area contributed by atoms with E-state index in [1.165, 1.54) is 12.1 Å². The zero-order valence-corrected chi connectivity index (χ0v) is 11.2. The van der Waals surface area contributed by atoms with Gasteiger partial charge >= 0.3 is 0 Å². The van der Waals surface area contributed by atoms with Crippen LogP contribution in [0.5, 0.6) is 0 Å². The summed E-state index contributed by atoms with van der Waals surface area (Å²) in [6.07, 6.45) is 3.45. The summed E-state index contributed by atoms with van der Waals surface area (Å²) in [5.74, 6) is -0.275. The van der Waals surface area contributed by atoms with Crippen molar-refractivity contribution in [3.05, 3.63) is 58.6 Å². The number of rotatable bonds is 4. The second kappa shape index (κ2) is 5.93. The van der Waals surface area contributed by atoms with Crippen LogP contribution < -0.4 is 11.1 Å². The minimum atomic E-state index is -0.275. The predicted molar refractivity (Wildman–Crippen MR) is 73.8 cm³/mol. The zero-order chi connectivity index (χ0) is 13.0. The quantitative estimate of drug-likeness (QED) is 0.912. The van der Waals surface area contributed by atoms with E-state index in [1.54, 1.807) is 24.5 Å². The molecule has 18 heavy (non-hydrogen) atoms. The molecule has 0 radical (unpaired) electrons. The van der Waals surface area contributed by atoms with Crippen LogP contribution in [0.25, 0.3) is 0 Å². The van der Waals surface area contributed by atoms with E-state index in [4.69, 9.17) is 5.73 Å². The molecule has 1 atom stereocenters. The zero-order valence-electron chi connectivity index (χ0n) is 9.61. The number of hydrogen-bond donors (Lipinski definition) is 2. The fourth-order valence-corrected chi connectivity index (χ4v) is 2.06. The first-order valence-electron chi connectivity index (χ1n) is 5.51. The summed E-state index contributed by atoms with van der Waals surface area (Å²) in [6, 6.07) is 8.15. The highest BCUT2D eigenvalue weighted by Crippen LogP contribution is 2.21. The molecule has 0 aliphatic rings. The Balaban J connectivity index is 2.19. The van der Waals surface area contributed by atoms with Crippen LogP contribution in [0.1, 0.15) is 11.6 Å². The van der Waals surface area contributed by atoms with E-state index in [-0.39, 0.29) is 11.9 Å². The maximum absolute atomic E-state index is 13.1. The lowest BCUT2D eigenvalue weighted by molar-refractivity contribution is 0.627. The standard InChI is InChI=1S/C13H13BrFN3/c14-10-4-9(7-17-8-10)13(6-16)18-12-3-1-2-11(15)5-12/h1-5,7-8,13,18H,6,16H2. The molecule has 3 nitrogen and oxygen atoms in total. The average Bonchev–Trinajstić information content (AvgIpc) is 2.36. The smallest absolute Gasteiger partial charge is 0.125 e. The number of nitrogens with one attached hydrogen (secondary N) is 1. The van der Waals surface area contributed by atoms with E-state index in [0.717, 1.165) is 10.0 Å². The average molecular weight is 310 g/mol. The van der Waals surface area contributed by atoms with Crippen molar-refractivity contribution in [3.8, 4) is 0 Å². The van der Waals surface area contributed by atoms with Gasteiger partial charge in [0.15, 0.2) is 0 Å². The van der Waals surface area contributed by atoms with Gasteiger partial charge in [-0.05, 0) is 45.8 Å². The summed E-state index contributed by atoms with van der Waals surface area (Å²) in [5.41, 5.74) is 7.40. The number of benzene rings is 1. The first-order valence-corrected chi connectivity index (χ1v) is 6.31. The molecule has 1 unspecified atom stereocenters. The van der Waals surface area contributed by atoms with Crippen LogP contribution in [0.3, 0.4) is 0 Å². The van der Waals surface area contributed by atoms with E-state index in [1.807, 2.05) is 6.07 Å². The van der Waals surface area contributed by atoms with Gasteiger partial charge in [0, 0.05) is 29.1 Å². The number of nitrogens with two attached hydrogens (primary N) is 1. The summed E-state index contributed by atoms with van der Waals surface area (Å²) >= 11 is 3.37. The fourth-order valence-electron chi connectivity index (χ4n) is 1.68. The van der Waals surface area contributed by atoms with Gasteiger partial charge in [-0.2, -0.15) is 0 Å². The molecule has 1 aromatic heterocycles. The van der Waals surface area contributed by atoms with Crippen LogP contribution in [-0.4, -0.2) is 11.5 Å². The minimum absolute atomic E-state index is 0.100. The molecule has 0 fully saturated rings. The van der Waals surface area contributed by atoms with Crippen LogP contribution >= 0.6 is 15.9 Å². The molecule has 94 valence electrons. The number of nitrogens with zero attached hydrogens (tertiary/aromatic N) is 1. The third kappa shape index (κ3) is 3.27. The van der Waals surface area contributed by atoms with Crippen LogP contribution in [0.2, 0.25) is 0 Å². The minimum Gasteiger partial charge on any atom is -0.377 e. The van der Waals surface area contributed by atoms with Crippen molar-refractivity contribution in [1.82, 2.24) is 4.98 Å². The van der Waals surface area contributed by atoms with E-state index in [2.05, 4.69) is 26.2 Å². The summed E-state index contributed by atoms with van der Waals surface area (Å²) < 4.78 is 14.0. The molecule has 1 heterocycles. The Morgan fingerprint density at radius 3 is 2.83 bits per heavy atom. The Morgan fingerprint density at radius 2 is 2.17 bits per heavy atom. The monoisotopic (exact) mass is 309 g/mol. The van der Waals surface area contributed by atoms with Gasteiger partial charge in [-0.25, -0.2) is 4.39 Å². The SMILES string of the molecule is NCC(Nc1cccc(F)c1)c1cncc(Br)c1. The third-order valence-electron chi connectivity index (χ3n) is 2.53. The molecule has 0 aliphatic heterocycles. The van der Waals surface area contributed by atoms with Crippen molar-refractivity contribution in [2.75, 3.05) is 11.9 Å². The topological polar surface area (TPSA) is 50.9 Å². The predicted octanol–water partition coefficient (Wildman–Crippen LogP) is 3.10. The summed E-state index contributed by atoms with van der Waals surface area (Å²) in [4.78, 5) is 4.10. The summed E-state index contributed by atoms with van der Waals surface area (Å²) in [7, 11) is 0. The number of hydrogen-bond acceptors (Lipinski definition) is 3. The fraction of sp³-hybridized carbons (Fsp3) is 0.154. The molecule has 5 heteroatoms.